The minimum absolute atomic E-state index is 0.0583. The van der Waals surface area contributed by atoms with E-state index in [1.165, 1.54) is 36.4 Å². The number of nitrogens with one attached hydrogen (secondary N) is 4. The van der Waals surface area contributed by atoms with Gasteiger partial charge in [-0.15, -0.1) is 20.5 Å². The largest absolute Gasteiger partial charge is 0.505 e. The van der Waals surface area contributed by atoms with Gasteiger partial charge in [0.15, 0.2) is 11.5 Å². The molecule has 0 saturated heterocycles. The number of halogens is 2. The van der Waals surface area contributed by atoms with Crippen LogP contribution in [0.2, 0.25) is 10.6 Å². The first-order valence-corrected chi connectivity index (χ1v) is 32.4. The summed E-state index contributed by atoms with van der Waals surface area (Å²) in [6, 6.07) is 19.4. The lowest BCUT2D eigenvalue weighted by Gasteiger charge is -2.15. The van der Waals surface area contributed by atoms with E-state index in [0.717, 1.165) is 48.5 Å². The number of rotatable bonds is 19. The second-order valence-electron chi connectivity index (χ2n) is 17.4. The van der Waals surface area contributed by atoms with E-state index in [4.69, 9.17) is 23.2 Å². The molecule has 34 nitrogen and oxygen atoms in total. The predicted molar refractivity (Wildman–Crippen MR) is 305 cm³/mol. The molecular weight excluding hydrogens is 1320 g/mol. The van der Waals surface area contributed by atoms with Gasteiger partial charge in [0, 0.05) is 23.0 Å². The number of aromatic nitrogens is 6. The number of benzene rings is 7. The Kier molecular flexibility index (Phi) is 16.9. The van der Waals surface area contributed by atoms with Crippen LogP contribution in [-0.2, 0) is 67.3 Å². The predicted octanol–water partition coefficient (Wildman–Crippen LogP) is 8.23. The zero-order valence-corrected chi connectivity index (χ0v) is 48.7. The summed E-state index contributed by atoms with van der Waals surface area (Å²) < 4.78 is 208. The van der Waals surface area contributed by atoms with Gasteiger partial charge in [0.1, 0.15) is 42.3 Å². The van der Waals surface area contributed by atoms with Crippen molar-refractivity contribution in [3.05, 3.63) is 125 Å². The maximum Gasteiger partial charge on any atom is 0.296 e. The lowest BCUT2D eigenvalue weighted by Crippen LogP contribution is -2.08. The summed E-state index contributed by atoms with van der Waals surface area (Å²) in [4.78, 5) is 18.7. The maximum absolute atomic E-state index is 12.6. The quantitative estimate of drug-likeness (QED) is 0.0268. The molecule has 0 atom stereocenters. The van der Waals surface area contributed by atoms with Crippen molar-refractivity contribution in [1.82, 2.24) is 29.9 Å². The molecule has 87 heavy (non-hydrogen) atoms. The molecule has 0 aliphatic carbocycles. The van der Waals surface area contributed by atoms with Crippen LogP contribution in [0.4, 0.5) is 63.6 Å². The smallest absolute Gasteiger partial charge is 0.296 e. The molecule has 0 unspecified atom stereocenters. The van der Waals surface area contributed by atoms with E-state index >= 15 is 0 Å². The van der Waals surface area contributed by atoms with Gasteiger partial charge in [-0.25, -0.2) is 0 Å². The highest BCUT2D eigenvalue weighted by atomic mass is 35.5. The van der Waals surface area contributed by atoms with Crippen molar-refractivity contribution in [3.63, 3.8) is 0 Å². The third-order valence-corrected chi connectivity index (χ3v) is 17.1. The summed E-state index contributed by atoms with van der Waals surface area (Å²) in [5.41, 5.74) is -3.25. The van der Waals surface area contributed by atoms with E-state index in [1.54, 1.807) is 12.1 Å². The zero-order valence-electron chi connectivity index (χ0n) is 42.3. The number of phenolic OH excluding ortho intramolecular Hbond substituents is 2. The fourth-order valence-corrected chi connectivity index (χ4v) is 11.9. The van der Waals surface area contributed by atoms with Gasteiger partial charge in [0.25, 0.3) is 60.7 Å². The Balaban J connectivity index is 0.979. The van der Waals surface area contributed by atoms with Crippen LogP contribution in [0, 0.1) is 0 Å². The molecule has 9 aromatic rings. The molecule has 0 aliphatic rings. The Morgan fingerprint density at radius 2 is 0.770 bits per heavy atom. The summed E-state index contributed by atoms with van der Waals surface area (Å²) in [5.74, 6) is -3.68. The van der Waals surface area contributed by atoms with E-state index < -0.39 is 180 Å². The van der Waals surface area contributed by atoms with E-state index in [1.807, 2.05) is 0 Å². The summed E-state index contributed by atoms with van der Waals surface area (Å²) in [7, 11) is -30.8. The molecule has 0 fully saturated rings. The van der Waals surface area contributed by atoms with Crippen LogP contribution in [-0.4, -0.2) is 118 Å². The zero-order chi connectivity index (χ0) is 63.3. The molecule has 2 aromatic heterocycles. The minimum atomic E-state index is -5.36. The van der Waals surface area contributed by atoms with Crippen molar-refractivity contribution in [2.75, 3.05) is 21.3 Å². The van der Waals surface area contributed by atoms with E-state index in [9.17, 15) is 88.0 Å². The lowest BCUT2D eigenvalue weighted by molar-refractivity contribution is 0.471. The van der Waals surface area contributed by atoms with Gasteiger partial charge in [-0.1, -0.05) is 36.4 Å². The lowest BCUT2D eigenvalue weighted by atomic mass is 10.1. The summed E-state index contributed by atoms with van der Waals surface area (Å²) in [5, 5.41) is 45.9. The van der Waals surface area contributed by atoms with Gasteiger partial charge in [-0.2, -0.15) is 80.4 Å². The SMILES string of the molecule is O=S(=O)(O)c1cc(Nc2nc(Cl)nc(NCc3ccc(Nc4nc(Cl)nc(Nc5cc(S(=O)(=O)O)cc6cc(S(=O)(=O)O)c(N=Nc7ccccc7S(=O)(=O)O)c(O)c56)n4)cc3)n2)c2c(O)c(N=Nc3ccccc3S(=O)(=O)O)c(S(=O)(=O)O)cc2c1. The van der Waals surface area contributed by atoms with Gasteiger partial charge in [0.05, 0.1) is 21.2 Å². The number of aromatic hydroxyl groups is 2. The molecule has 0 radical (unpaired) electrons. The van der Waals surface area contributed by atoms with Crippen LogP contribution < -0.4 is 21.3 Å². The van der Waals surface area contributed by atoms with Crippen LogP contribution in [0.3, 0.4) is 0 Å². The molecule has 0 spiro atoms. The minimum Gasteiger partial charge on any atom is -0.505 e. The van der Waals surface area contributed by atoms with Crippen molar-refractivity contribution in [2.24, 2.45) is 20.5 Å². The van der Waals surface area contributed by atoms with Gasteiger partial charge < -0.3 is 31.5 Å². The summed E-state index contributed by atoms with van der Waals surface area (Å²) in [6.45, 7) is -0.0583. The highest BCUT2D eigenvalue weighted by molar-refractivity contribution is 7.87. The van der Waals surface area contributed by atoms with Gasteiger partial charge in [-0.05, 0) is 112 Å². The molecule has 0 bridgehead atoms. The first kappa shape index (κ1) is 62.6. The molecule has 0 aliphatic heterocycles. The fourth-order valence-electron chi connectivity index (χ4n) is 7.93. The highest BCUT2D eigenvalue weighted by Crippen LogP contribution is 2.48. The molecule has 42 heteroatoms. The third-order valence-electron chi connectivity index (χ3n) is 11.6. The molecule has 12 N–H and O–H groups in total. The van der Waals surface area contributed by atoms with Gasteiger partial charge >= 0.3 is 0 Å². The van der Waals surface area contributed by atoms with E-state index in [0.29, 0.717) is 23.4 Å². The van der Waals surface area contributed by atoms with Crippen molar-refractivity contribution < 1.29 is 88.0 Å². The number of fused-ring (bicyclic) bond motifs is 2. The van der Waals surface area contributed by atoms with E-state index in [-0.39, 0.29) is 18.4 Å². The van der Waals surface area contributed by atoms with Gasteiger partial charge in [0.2, 0.25) is 34.4 Å². The van der Waals surface area contributed by atoms with Gasteiger partial charge in [-0.3, -0.25) is 27.3 Å². The van der Waals surface area contributed by atoms with Crippen molar-refractivity contribution in [2.45, 2.75) is 35.9 Å². The Morgan fingerprint density at radius 3 is 1.16 bits per heavy atom. The van der Waals surface area contributed by atoms with Crippen LogP contribution in [0.25, 0.3) is 21.5 Å². The number of azo groups is 2. The molecular formula is C45H32Cl2N14O20S6. The van der Waals surface area contributed by atoms with Crippen molar-refractivity contribution in [1.29, 1.82) is 0 Å². The standard InChI is InChI=1S/C45H32Cl2N14O20S6/c46-40-52-42(56-44(54-40)50-28-17-24(82(64,65)66)13-21-15-32(86(76,77)78)36(38(62)34(21)28)60-58-26-5-1-3-7-30(26)84(70,71)72)48-19-20-9-11-23(12-10-20)49-43-53-41(47)55-45(57-43)51-29-18-25(83(67,68)69)14-22-16-33(87(79,80)81)37(39(63)35(22)29)61-59-27-6-2-4-8-31(27)85(73,74)75/h1-18,62-63H,19H2,(H,64,65,66)(H,67,68,69)(H,70,71,72)(H,73,74,75)(H,76,77,78)(H,79,80,81)(H2,48,50,52,54,56)(H2,49,51,53,55,57). The first-order valence-electron chi connectivity index (χ1n) is 23.0. The highest BCUT2D eigenvalue weighted by Gasteiger charge is 2.29. The fraction of sp³-hybridized carbons (Fsp3) is 0.0222. The number of phenols is 2. The molecule has 9 rings (SSSR count). The summed E-state index contributed by atoms with van der Waals surface area (Å²) in [6.07, 6.45) is 0. The number of hydrogen-bond donors (Lipinski definition) is 12. The Morgan fingerprint density at radius 1 is 0.402 bits per heavy atom. The second kappa shape index (κ2) is 23.4. The average molecular weight is 1350 g/mol. The molecule has 0 saturated carbocycles. The van der Waals surface area contributed by atoms with Crippen molar-refractivity contribution >= 4 is 169 Å². The maximum atomic E-state index is 12.6. The molecule has 0 amide bonds. The number of hydrogen-bond acceptors (Lipinski definition) is 28. The average Bonchev–Trinajstić information content (AvgIpc) is 0.877. The molecule has 2 heterocycles. The normalized spacial score (nSPS) is 12.7. The number of anilines is 7. The number of nitrogens with zero attached hydrogens (tertiary/aromatic N) is 10. The van der Waals surface area contributed by atoms with Crippen molar-refractivity contribution in [3.8, 4) is 11.5 Å². The first-order chi connectivity index (χ1) is 40.5. The third kappa shape index (κ3) is 14.4. The van der Waals surface area contributed by atoms with Crippen LogP contribution >= 0.6 is 23.2 Å². The second-order valence-corrected chi connectivity index (χ2v) is 26.5. The van der Waals surface area contributed by atoms with Crippen LogP contribution in [0.15, 0.2) is 159 Å². The van der Waals surface area contributed by atoms with Crippen LogP contribution in [0.1, 0.15) is 5.56 Å². The Labute approximate surface area is 498 Å². The Bertz CT molecular complexity index is 5160. The summed E-state index contributed by atoms with van der Waals surface area (Å²) >= 11 is 12.5. The Hall–Kier alpha value is -8.88. The monoisotopic (exact) mass is 1350 g/mol. The molecule has 452 valence electrons. The topological polar surface area (TPSA) is 542 Å². The molecule has 7 aromatic carbocycles. The van der Waals surface area contributed by atoms with E-state index in [2.05, 4.69) is 71.6 Å². The van der Waals surface area contributed by atoms with Crippen LogP contribution in [0.5, 0.6) is 11.5 Å².